The molecule has 0 aliphatic carbocycles. The molecule has 0 aliphatic rings. The lowest BCUT2D eigenvalue weighted by Crippen LogP contribution is -2.15. The second kappa shape index (κ2) is 6.62. The lowest BCUT2D eigenvalue weighted by Gasteiger charge is -2.13. The Bertz CT molecular complexity index is 801. The van der Waals surface area contributed by atoms with Crippen molar-refractivity contribution in [3.05, 3.63) is 52.2 Å². The normalized spacial score (nSPS) is 10.3. The van der Waals surface area contributed by atoms with Crippen molar-refractivity contribution in [3.63, 3.8) is 0 Å². The van der Waals surface area contributed by atoms with Crippen molar-refractivity contribution < 1.29 is 0 Å². The highest BCUT2D eigenvalue weighted by atomic mass is 15.1. The third-order valence-electron chi connectivity index (χ3n) is 3.82. The van der Waals surface area contributed by atoms with Crippen LogP contribution in [0.2, 0.25) is 0 Å². The molecule has 4 nitrogen and oxygen atoms in total. The summed E-state index contributed by atoms with van der Waals surface area (Å²) < 4.78 is 2.06. The second-order valence-corrected chi connectivity index (χ2v) is 6.00. The molecule has 2 rings (SSSR count). The average Bonchev–Trinajstić information content (AvgIpc) is 2.87. The zero-order chi connectivity index (χ0) is 17.1. The van der Waals surface area contributed by atoms with E-state index in [2.05, 4.69) is 60.7 Å². The van der Waals surface area contributed by atoms with Crippen LogP contribution in [0.5, 0.6) is 0 Å². The highest BCUT2D eigenvalue weighted by molar-refractivity contribution is 6.02. The lowest BCUT2D eigenvalue weighted by atomic mass is 10.1. The first kappa shape index (κ1) is 16.7. The summed E-state index contributed by atoms with van der Waals surface area (Å²) in [6, 6.07) is 6.49. The molecule has 0 spiro atoms. The first-order chi connectivity index (χ1) is 10.8. The third kappa shape index (κ3) is 3.40. The smallest absolute Gasteiger partial charge is 0.127 e. The fraction of sp³-hybridized carbons (Fsp3) is 0.316. The fourth-order valence-corrected chi connectivity index (χ4v) is 2.56. The number of benzene rings is 1. The molecule has 0 fully saturated rings. The predicted octanol–water partition coefficient (Wildman–Crippen LogP) is 3.41. The van der Waals surface area contributed by atoms with Gasteiger partial charge in [-0.05, 0) is 44.9 Å². The van der Waals surface area contributed by atoms with Crippen LogP contribution in [0.15, 0.2) is 24.4 Å². The Kier molecular flexibility index (Phi) is 4.80. The molecule has 0 radical (unpaired) electrons. The van der Waals surface area contributed by atoms with Crippen molar-refractivity contribution in [2.75, 3.05) is 12.4 Å². The van der Waals surface area contributed by atoms with Gasteiger partial charge in [0, 0.05) is 24.8 Å². The number of nitrogen functional groups attached to an aromatic ring is 1. The molecule has 1 aromatic carbocycles. The Hall–Kier alpha value is -2.67. The van der Waals surface area contributed by atoms with Crippen molar-refractivity contribution in [1.29, 1.82) is 5.41 Å². The molecule has 0 aliphatic heterocycles. The number of anilines is 1. The first-order valence-electron chi connectivity index (χ1n) is 7.71. The highest BCUT2D eigenvalue weighted by Gasteiger charge is 2.17. The summed E-state index contributed by atoms with van der Waals surface area (Å²) in [5.74, 6) is 7.28. The quantitative estimate of drug-likeness (QED) is 0.462. The van der Waals surface area contributed by atoms with Crippen LogP contribution in [0.1, 0.15) is 47.7 Å². The van der Waals surface area contributed by atoms with Crippen molar-refractivity contribution in [1.82, 2.24) is 4.57 Å². The van der Waals surface area contributed by atoms with Crippen LogP contribution in [-0.4, -0.2) is 17.5 Å². The predicted molar refractivity (Wildman–Crippen MR) is 97.3 cm³/mol. The average molecular weight is 308 g/mol. The zero-order valence-electron chi connectivity index (χ0n) is 14.4. The largest absolute Gasteiger partial charge is 0.384 e. The summed E-state index contributed by atoms with van der Waals surface area (Å²) in [4.78, 5) is 0. The molecular weight excluding hydrogens is 284 g/mol. The summed E-state index contributed by atoms with van der Waals surface area (Å²) in [5, 5.41) is 11.0. The number of nitrogens with one attached hydrogen (secondary N) is 2. The van der Waals surface area contributed by atoms with Gasteiger partial charge in [0.15, 0.2) is 0 Å². The minimum absolute atomic E-state index is 0.0269. The summed E-state index contributed by atoms with van der Waals surface area (Å²) >= 11 is 0. The van der Waals surface area contributed by atoms with Gasteiger partial charge < -0.3 is 15.6 Å². The van der Waals surface area contributed by atoms with Crippen LogP contribution in [-0.2, 0) is 0 Å². The van der Waals surface area contributed by atoms with Gasteiger partial charge in [-0.15, -0.1) is 0 Å². The van der Waals surface area contributed by atoms with Gasteiger partial charge in [-0.2, -0.15) is 0 Å². The molecule has 4 heteroatoms. The molecule has 2 aromatic rings. The van der Waals surface area contributed by atoms with Gasteiger partial charge in [-0.25, -0.2) is 0 Å². The minimum Gasteiger partial charge on any atom is -0.384 e. The first-order valence-corrected chi connectivity index (χ1v) is 7.71. The molecule has 0 bridgehead atoms. The van der Waals surface area contributed by atoms with Gasteiger partial charge in [0.1, 0.15) is 11.7 Å². The van der Waals surface area contributed by atoms with Crippen LogP contribution < -0.4 is 11.1 Å². The number of hydrogen-bond donors (Lipinski definition) is 3. The Morgan fingerprint density at radius 3 is 2.43 bits per heavy atom. The van der Waals surface area contributed by atoms with E-state index in [1.165, 1.54) is 5.56 Å². The van der Waals surface area contributed by atoms with Crippen molar-refractivity contribution >= 4 is 11.7 Å². The minimum atomic E-state index is 0.0269. The number of rotatable bonds is 3. The van der Waals surface area contributed by atoms with Crippen LogP contribution in [0.4, 0.5) is 5.82 Å². The van der Waals surface area contributed by atoms with Crippen LogP contribution >= 0.6 is 0 Å². The number of aryl methyl sites for hydroxylation is 2. The summed E-state index contributed by atoms with van der Waals surface area (Å²) in [6.07, 6.45) is 1.96. The number of aromatic nitrogens is 1. The van der Waals surface area contributed by atoms with Gasteiger partial charge in [0.05, 0.1) is 11.1 Å². The molecule has 1 aromatic heterocycles. The molecule has 23 heavy (non-hydrogen) atoms. The van der Waals surface area contributed by atoms with E-state index in [0.29, 0.717) is 5.56 Å². The van der Waals surface area contributed by atoms with E-state index in [9.17, 15) is 0 Å². The maximum Gasteiger partial charge on any atom is 0.127 e. The molecule has 4 N–H and O–H groups in total. The van der Waals surface area contributed by atoms with Crippen LogP contribution in [0.25, 0.3) is 0 Å². The summed E-state index contributed by atoms with van der Waals surface area (Å²) in [5.41, 5.74) is 10.6. The molecule has 120 valence electrons. The highest BCUT2D eigenvalue weighted by Crippen LogP contribution is 2.25. The van der Waals surface area contributed by atoms with E-state index >= 15 is 0 Å². The van der Waals surface area contributed by atoms with Gasteiger partial charge in [0.2, 0.25) is 0 Å². The molecule has 0 amide bonds. The van der Waals surface area contributed by atoms with Crippen molar-refractivity contribution in [2.24, 2.45) is 5.73 Å². The van der Waals surface area contributed by atoms with Gasteiger partial charge in [-0.3, -0.25) is 5.41 Å². The van der Waals surface area contributed by atoms with Crippen molar-refractivity contribution in [2.45, 2.75) is 33.7 Å². The molecule has 0 saturated heterocycles. The lowest BCUT2D eigenvalue weighted by molar-refractivity contribution is 0.609. The van der Waals surface area contributed by atoms with E-state index in [1.54, 1.807) is 0 Å². The molecule has 0 unspecified atom stereocenters. The number of amidine groups is 1. The topological polar surface area (TPSA) is 66.8 Å². The summed E-state index contributed by atoms with van der Waals surface area (Å²) in [7, 11) is 1.84. The molecular formula is C19H24N4. The van der Waals surface area contributed by atoms with E-state index < -0.39 is 0 Å². The molecule has 0 saturated carbocycles. The Morgan fingerprint density at radius 1 is 1.22 bits per heavy atom. The monoisotopic (exact) mass is 308 g/mol. The van der Waals surface area contributed by atoms with E-state index in [4.69, 9.17) is 11.1 Å². The maximum atomic E-state index is 7.89. The summed E-state index contributed by atoms with van der Waals surface area (Å²) in [6.45, 7) is 8.28. The Balaban J connectivity index is 2.59. The van der Waals surface area contributed by atoms with Gasteiger partial charge in [-0.1, -0.05) is 24.0 Å². The fourth-order valence-electron chi connectivity index (χ4n) is 2.56. The Morgan fingerprint density at radius 2 is 1.87 bits per heavy atom. The van der Waals surface area contributed by atoms with E-state index in [-0.39, 0.29) is 11.9 Å². The maximum absolute atomic E-state index is 7.89. The Labute approximate surface area is 138 Å². The zero-order valence-corrected chi connectivity index (χ0v) is 14.4. The van der Waals surface area contributed by atoms with E-state index in [1.807, 2.05) is 20.2 Å². The SMILES string of the molecule is CNc1c(C(=N)N)c(C#Cc2cc(C)ccc2C)cn1C(C)C. The molecule has 0 atom stereocenters. The van der Waals surface area contributed by atoms with Crippen LogP contribution in [0, 0.1) is 31.1 Å². The van der Waals surface area contributed by atoms with Gasteiger partial charge in [0.25, 0.3) is 0 Å². The standard InChI is InChI=1S/C19H24N4/c1-12(2)23-11-16(17(18(20)21)19(23)22-5)9-8-15-10-13(3)6-7-14(15)4/h6-7,10-12,22H,1-5H3,(H3,20,21). The number of nitrogens with two attached hydrogens (primary N) is 1. The number of nitrogens with zero attached hydrogens (tertiary/aromatic N) is 1. The van der Waals surface area contributed by atoms with Crippen LogP contribution in [0.3, 0.4) is 0 Å². The van der Waals surface area contributed by atoms with Gasteiger partial charge >= 0.3 is 0 Å². The van der Waals surface area contributed by atoms with Crippen molar-refractivity contribution in [3.8, 4) is 11.8 Å². The second-order valence-electron chi connectivity index (χ2n) is 6.00. The third-order valence-corrected chi connectivity index (χ3v) is 3.82. The number of hydrogen-bond acceptors (Lipinski definition) is 2. The molecule has 1 heterocycles. The van der Waals surface area contributed by atoms with E-state index in [0.717, 1.165) is 22.5 Å².